The molecule has 1 saturated carbocycles. The Labute approximate surface area is 119 Å². The largest absolute Gasteiger partial charge is 0.342 e. The standard InChI is InChI=1S/C14H24N2O2S/c1-14(2)13(18)16(9-8-12(17)15-14)10-6-4-5-7-11(10)19-3/h10-11H,4-9H2,1-3H3,(H,15,17). The minimum atomic E-state index is -0.770. The van der Waals surface area contributed by atoms with Crippen molar-refractivity contribution in [2.45, 2.75) is 62.8 Å². The van der Waals surface area contributed by atoms with Crippen LogP contribution < -0.4 is 5.32 Å². The van der Waals surface area contributed by atoms with Crippen LogP contribution in [0.2, 0.25) is 0 Å². The van der Waals surface area contributed by atoms with E-state index in [0.717, 1.165) is 6.42 Å². The quantitative estimate of drug-likeness (QED) is 0.841. The number of rotatable bonds is 2. The van der Waals surface area contributed by atoms with Crippen molar-refractivity contribution in [3.8, 4) is 0 Å². The second kappa shape index (κ2) is 5.73. The maximum Gasteiger partial charge on any atom is 0.248 e. The van der Waals surface area contributed by atoms with Gasteiger partial charge in [-0.2, -0.15) is 11.8 Å². The predicted octanol–water partition coefficient (Wildman–Crippen LogP) is 1.79. The molecule has 1 saturated heterocycles. The third-order valence-electron chi connectivity index (χ3n) is 4.20. The number of hydrogen-bond acceptors (Lipinski definition) is 3. The molecule has 5 heteroatoms. The fourth-order valence-electron chi connectivity index (χ4n) is 3.17. The Kier molecular flexibility index (Phi) is 4.43. The van der Waals surface area contributed by atoms with Gasteiger partial charge in [-0.05, 0) is 32.9 Å². The molecule has 4 nitrogen and oxygen atoms in total. The molecule has 0 aromatic carbocycles. The highest BCUT2D eigenvalue weighted by Gasteiger charge is 2.41. The van der Waals surface area contributed by atoms with Crippen LogP contribution in [0.5, 0.6) is 0 Å². The average molecular weight is 284 g/mol. The lowest BCUT2D eigenvalue weighted by Gasteiger charge is -2.41. The molecule has 0 bridgehead atoms. The molecule has 108 valence electrons. The van der Waals surface area contributed by atoms with Gasteiger partial charge in [0, 0.05) is 24.3 Å². The van der Waals surface area contributed by atoms with Crippen LogP contribution in [0.3, 0.4) is 0 Å². The number of amides is 2. The van der Waals surface area contributed by atoms with E-state index in [-0.39, 0.29) is 11.8 Å². The number of nitrogens with one attached hydrogen (secondary N) is 1. The first-order valence-corrected chi connectivity index (χ1v) is 8.39. The fraction of sp³-hybridized carbons (Fsp3) is 0.857. The zero-order valence-electron chi connectivity index (χ0n) is 12.1. The van der Waals surface area contributed by atoms with Crippen LogP contribution >= 0.6 is 11.8 Å². The maximum atomic E-state index is 12.7. The van der Waals surface area contributed by atoms with Crippen LogP contribution in [0.4, 0.5) is 0 Å². The van der Waals surface area contributed by atoms with Gasteiger partial charge in [-0.3, -0.25) is 9.59 Å². The van der Waals surface area contributed by atoms with Gasteiger partial charge in [-0.1, -0.05) is 12.8 Å². The monoisotopic (exact) mass is 284 g/mol. The van der Waals surface area contributed by atoms with Crippen molar-refractivity contribution >= 4 is 23.6 Å². The van der Waals surface area contributed by atoms with Gasteiger partial charge in [0.2, 0.25) is 11.8 Å². The third kappa shape index (κ3) is 3.07. The van der Waals surface area contributed by atoms with E-state index in [0.29, 0.717) is 24.3 Å². The van der Waals surface area contributed by atoms with E-state index < -0.39 is 5.54 Å². The molecule has 2 amide bonds. The summed E-state index contributed by atoms with van der Waals surface area (Å²) in [6.07, 6.45) is 7.24. The molecular formula is C14H24N2O2S. The summed E-state index contributed by atoms with van der Waals surface area (Å²) in [5.74, 6) is 0.0571. The van der Waals surface area contributed by atoms with Crippen molar-refractivity contribution in [3.05, 3.63) is 0 Å². The third-order valence-corrected chi connectivity index (χ3v) is 5.35. The van der Waals surface area contributed by atoms with Gasteiger partial charge < -0.3 is 10.2 Å². The Morgan fingerprint density at radius 1 is 1.26 bits per heavy atom. The van der Waals surface area contributed by atoms with Gasteiger partial charge in [0.15, 0.2) is 0 Å². The first-order valence-electron chi connectivity index (χ1n) is 7.10. The number of nitrogens with zero attached hydrogens (tertiary/aromatic N) is 1. The van der Waals surface area contributed by atoms with E-state index in [1.165, 1.54) is 19.3 Å². The second-order valence-corrected chi connectivity index (χ2v) is 7.12. The lowest BCUT2D eigenvalue weighted by Crippen LogP contribution is -2.57. The second-order valence-electron chi connectivity index (χ2n) is 6.05. The highest BCUT2D eigenvalue weighted by atomic mass is 32.2. The zero-order valence-corrected chi connectivity index (χ0v) is 12.9. The molecule has 1 aliphatic heterocycles. The first-order chi connectivity index (χ1) is 8.95. The summed E-state index contributed by atoms with van der Waals surface area (Å²) in [6.45, 7) is 4.18. The summed E-state index contributed by atoms with van der Waals surface area (Å²) in [7, 11) is 0. The molecule has 2 atom stereocenters. The van der Waals surface area contributed by atoms with E-state index in [1.807, 2.05) is 30.5 Å². The predicted molar refractivity (Wildman–Crippen MR) is 78.1 cm³/mol. The molecule has 1 heterocycles. The van der Waals surface area contributed by atoms with Crippen molar-refractivity contribution in [2.75, 3.05) is 12.8 Å². The van der Waals surface area contributed by atoms with E-state index in [9.17, 15) is 9.59 Å². The molecule has 2 fully saturated rings. The summed E-state index contributed by atoms with van der Waals surface area (Å²) in [5.41, 5.74) is -0.770. The van der Waals surface area contributed by atoms with Crippen molar-refractivity contribution < 1.29 is 9.59 Å². The average Bonchev–Trinajstić information content (AvgIpc) is 2.47. The molecule has 2 aliphatic rings. The smallest absolute Gasteiger partial charge is 0.248 e. The highest BCUT2D eigenvalue weighted by molar-refractivity contribution is 7.99. The molecule has 19 heavy (non-hydrogen) atoms. The van der Waals surface area contributed by atoms with Gasteiger partial charge in [-0.25, -0.2) is 0 Å². The van der Waals surface area contributed by atoms with Gasteiger partial charge >= 0.3 is 0 Å². The zero-order chi connectivity index (χ0) is 14.0. The fourth-order valence-corrected chi connectivity index (χ4v) is 4.17. The summed E-state index contributed by atoms with van der Waals surface area (Å²) < 4.78 is 0. The number of hydrogen-bond donors (Lipinski definition) is 1. The highest BCUT2D eigenvalue weighted by Crippen LogP contribution is 2.32. The summed E-state index contributed by atoms with van der Waals surface area (Å²) in [6, 6.07) is 0.295. The minimum absolute atomic E-state index is 0.0163. The molecule has 2 rings (SSSR count). The van der Waals surface area contributed by atoms with Crippen molar-refractivity contribution in [3.63, 3.8) is 0 Å². The van der Waals surface area contributed by atoms with Crippen molar-refractivity contribution in [1.29, 1.82) is 0 Å². The molecular weight excluding hydrogens is 260 g/mol. The topological polar surface area (TPSA) is 49.4 Å². The van der Waals surface area contributed by atoms with Crippen LogP contribution in [0.15, 0.2) is 0 Å². The van der Waals surface area contributed by atoms with Gasteiger partial charge in [-0.15, -0.1) is 0 Å². The Morgan fingerprint density at radius 3 is 2.63 bits per heavy atom. The van der Waals surface area contributed by atoms with Crippen LogP contribution in [0.25, 0.3) is 0 Å². The van der Waals surface area contributed by atoms with Crippen molar-refractivity contribution in [2.24, 2.45) is 0 Å². The maximum absolute atomic E-state index is 12.7. The Bertz CT molecular complexity index is 370. The van der Waals surface area contributed by atoms with E-state index in [1.54, 1.807) is 0 Å². The Hall–Kier alpha value is -0.710. The molecule has 0 spiro atoms. The normalized spacial score (nSPS) is 31.8. The molecule has 1 N–H and O–H groups in total. The van der Waals surface area contributed by atoms with Crippen molar-refractivity contribution in [1.82, 2.24) is 10.2 Å². The molecule has 1 aliphatic carbocycles. The lowest BCUT2D eigenvalue weighted by molar-refractivity contribution is -0.139. The van der Waals surface area contributed by atoms with E-state index in [2.05, 4.69) is 11.6 Å². The lowest BCUT2D eigenvalue weighted by atomic mass is 9.92. The minimum Gasteiger partial charge on any atom is -0.342 e. The summed E-state index contributed by atoms with van der Waals surface area (Å²) in [5, 5.41) is 3.35. The Balaban J connectivity index is 2.21. The van der Waals surface area contributed by atoms with Gasteiger partial charge in [0.1, 0.15) is 5.54 Å². The first kappa shape index (κ1) is 14.7. The van der Waals surface area contributed by atoms with E-state index >= 15 is 0 Å². The van der Waals surface area contributed by atoms with Gasteiger partial charge in [0.05, 0.1) is 0 Å². The van der Waals surface area contributed by atoms with Crippen LogP contribution in [-0.2, 0) is 9.59 Å². The number of thioether (sulfide) groups is 1. The Morgan fingerprint density at radius 2 is 1.95 bits per heavy atom. The molecule has 0 aromatic rings. The molecule has 2 unspecified atom stereocenters. The van der Waals surface area contributed by atoms with Crippen LogP contribution in [0, 0.1) is 0 Å². The van der Waals surface area contributed by atoms with Gasteiger partial charge in [0.25, 0.3) is 0 Å². The summed E-state index contributed by atoms with van der Waals surface area (Å²) in [4.78, 5) is 26.4. The number of carbonyl (C=O) groups is 2. The van der Waals surface area contributed by atoms with Crippen LogP contribution in [-0.4, -0.2) is 46.3 Å². The van der Waals surface area contributed by atoms with E-state index in [4.69, 9.17) is 0 Å². The summed E-state index contributed by atoms with van der Waals surface area (Å²) >= 11 is 1.86. The number of carbonyl (C=O) groups excluding carboxylic acids is 2. The molecule has 0 radical (unpaired) electrons. The SMILES string of the molecule is CSC1CCCCC1N1CCC(=O)NC(C)(C)C1=O. The molecule has 0 aromatic heterocycles. The van der Waals surface area contributed by atoms with Crippen LogP contribution in [0.1, 0.15) is 46.0 Å².